The lowest BCUT2D eigenvalue weighted by atomic mass is 9.89. The number of carbonyl (C=O) groups excluding carboxylic acids is 1. The number of piperidine rings is 1. The standard InChI is InChI=1S/C15H21NO3/c17-10-14(11-18)16-8-4-7-13(9-16)15(19)12-5-2-1-3-6-12/h1-3,5-6,13-14,17-18H,4,7-11H2. The van der Waals surface area contributed by atoms with Crippen molar-refractivity contribution in [2.24, 2.45) is 5.92 Å². The molecule has 19 heavy (non-hydrogen) atoms. The minimum atomic E-state index is -0.244. The van der Waals surface area contributed by atoms with E-state index in [4.69, 9.17) is 0 Å². The van der Waals surface area contributed by atoms with E-state index >= 15 is 0 Å². The Hall–Kier alpha value is -1.23. The van der Waals surface area contributed by atoms with Crippen molar-refractivity contribution in [1.29, 1.82) is 0 Å². The zero-order chi connectivity index (χ0) is 13.7. The van der Waals surface area contributed by atoms with E-state index in [-0.39, 0.29) is 31.0 Å². The molecule has 1 heterocycles. The lowest BCUT2D eigenvalue weighted by molar-refractivity contribution is 0.0408. The maximum absolute atomic E-state index is 12.4. The highest BCUT2D eigenvalue weighted by Gasteiger charge is 2.29. The molecule has 0 spiro atoms. The Morgan fingerprint density at radius 1 is 1.26 bits per heavy atom. The summed E-state index contributed by atoms with van der Waals surface area (Å²) in [7, 11) is 0. The molecule has 1 aliphatic heterocycles. The summed E-state index contributed by atoms with van der Waals surface area (Å²) in [5, 5.41) is 18.5. The van der Waals surface area contributed by atoms with Crippen molar-refractivity contribution in [3.8, 4) is 0 Å². The van der Waals surface area contributed by atoms with Gasteiger partial charge in [-0.15, -0.1) is 0 Å². The number of rotatable bonds is 5. The van der Waals surface area contributed by atoms with Crippen LogP contribution in [0.15, 0.2) is 30.3 Å². The molecule has 2 N–H and O–H groups in total. The summed E-state index contributed by atoms with van der Waals surface area (Å²) in [5.41, 5.74) is 0.749. The summed E-state index contributed by atoms with van der Waals surface area (Å²) in [5.74, 6) is 0.136. The van der Waals surface area contributed by atoms with Crippen LogP contribution in [0.4, 0.5) is 0 Å². The third-order valence-electron chi connectivity index (χ3n) is 3.82. The van der Waals surface area contributed by atoms with E-state index in [1.807, 2.05) is 35.2 Å². The summed E-state index contributed by atoms with van der Waals surface area (Å²) in [6.45, 7) is 1.33. The van der Waals surface area contributed by atoms with Crippen LogP contribution in [0.5, 0.6) is 0 Å². The van der Waals surface area contributed by atoms with Gasteiger partial charge in [0.05, 0.1) is 19.3 Å². The number of aliphatic hydroxyl groups excluding tert-OH is 2. The fourth-order valence-corrected chi connectivity index (χ4v) is 2.68. The molecule has 104 valence electrons. The number of aliphatic hydroxyl groups is 2. The largest absolute Gasteiger partial charge is 0.395 e. The van der Waals surface area contributed by atoms with Gasteiger partial charge in [0, 0.05) is 18.0 Å². The number of hydrogen-bond acceptors (Lipinski definition) is 4. The van der Waals surface area contributed by atoms with Gasteiger partial charge in [0.25, 0.3) is 0 Å². The van der Waals surface area contributed by atoms with Crippen LogP contribution in [0.25, 0.3) is 0 Å². The van der Waals surface area contributed by atoms with Crippen LogP contribution in [0.1, 0.15) is 23.2 Å². The molecule has 1 fully saturated rings. The quantitative estimate of drug-likeness (QED) is 0.776. The fourth-order valence-electron chi connectivity index (χ4n) is 2.68. The number of hydrogen-bond donors (Lipinski definition) is 2. The summed E-state index contributed by atoms with van der Waals surface area (Å²) in [6.07, 6.45) is 1.81. The van der Waals surface area contributed by atoms with Crippen LogP contribution in [0.2, 0.25) is 0 Å². The Kier molecular flexibility index (Phi) is 5.07. The second kappa shape index (κ2) is 6.80. The minimum absolute atomic E-state index is 0.0308. The van der Waals surface area contributed by atoms with Crippen molar-refractivity contribution in [3.05, 3.63) is 35.9 Å². The van der Waals surface area contributed by atoms with Crippen molar-refractivity contribution >= 4 is 5.78 Å². The molecule has 1 unspecified atom stereocenters. The smallest absolute Gasteiger partial charge is 0.167 e. The molecular formula is C15H21NO3. The normalized spacial score (nSPS) is 20.7. The van der Waals surface area contributed by atoms with E-state index in [1.54, 1.807) is 0 Å². The van der Waals surface area contributed by atoms with E-state index in [2.05, 4.69) is 0 Å². The van der Waals surface area contributed by atoms with Gasteiger partial charge < -0.3 is 10.2 Å². The number of likely N-dealkylation sites (tertiary alicyclic amines) is 1. The Balaban J connectivity index is 2.03. The Morgan fingerprint density at radius 3 is 2.58 bits per heavy atom. The van der Waals surface area contributed by atoms with Crippen LogP contribution in [-0.2, 0) is 0 Å². The molecule has 0 aromatic heterocycles. The van der Waals surface area contributed by atoms with Gasteiger partial charge in [-0.3, -0.25) is 9.69 Å². The molecule has 0 radical (unpaired) electrons. The monoisotopic (exact) mass is 263 g/mol. The van der Waals surface area contributed by atoms with Gasteiger partial charge in [-0.2, -0.15) is 0 Å². The summed E-state index contributed by atoms with van der Waals surface area (Å²) < 4.78 is 0. The summed E-state index contributed by atoms with van der Waals surface area (Å²) >= 11 is 0. The van der Waals surface area contributed by atoms with E-state index in [0.717, 1.165) is 24.9 Å². The molecule has 1 atom stereocenters. The molecule has 1 aromatic carbocycles. The van der Waals surface area contributed by atoms with Crippen molar-refractivity contribution in [1.82, 2.24) is 4.90 Å². The molecule has 4 nitrogen and oxygen atoms in total. The van der Waals surface area contributed by atoms with Crippen LogP contribution in [0, 0.1) is 5.92 Å². The highest BCUT2D eigenvalue weighted by molar-refractivity contribution is 5.98. The Labute approximate surface area is 113 Å². The average Bonchev–Trinajstić information content (AvgIpc) is 2.49. The van der Waals surface area contributed by atoms with Crippen molar-refractivity contribution < 1.29 is 15.0 Å². The van der Waals surface area contributed by atoms with Gasteiger partial charge in [-0.05, 0) is 19.4 Å². The molecule has 0 saturated carbocycles. The highest BCUT2D eigenvalue weighted by Crippen LogP contribution is 2.22. The highest BCUT2D eigenvalue weighted by atomic mass is 16.3. The van der Waals surface area contributed by atoms with Crippen molar-refractivity contribution in [2.75, 3.05) is 26.3 Å². The number of benzene rings is 1. The maximum atomic E-state index is 12.4. The molecule has 1 aliphatic rings. The predicted octanol–water partition coefficient (Wildman–Crippen LogP) is 0.935. The molecule has 2 rings (SSSR count). The zero-order valence-electron chi connectivity index (χ0n) is 11.0. The minimum Gasteiger partial charge on any atom is -0.395 e. The van der Waals surface area contributed by atoms with E-state index in [0.29, 0.717) is 6.54 Å². The SMILES string of the molecule is O=C(c1ccccc1)C1CCCN(C(CO)CO)C1. The second-order valence-electron chi connectivity index (χ2n) is 5.08. The van der Waals surface area contributed by atoms with Gasteiger partial charge in [-0.25, -0.2) is 0 Å². The number of nitrogens with zero attached hydrogens (tertiary/aromatic N) is 1. The first-order valence-corrected chi connectivity index (χ1v) is 6.81. The topological polar surface area (TPSA) is 60.8 Å². The second-order valence-corrected chi connectivity index (χ2v) is 5.08. The lowest BCUT2D eigenvalue weighted by Crippen LogP contribution is -2.47. The maximum Gasteiger partial charge on any atom is 0.167 e. The average molecular weight is 263 g/mol. The van der Waals surface area contributed by atoms with Crippen LogP contribution >= 0.6 is 0 Å². The van der Waals surface area contributed by atoms with Gasteiger partial charge in [0.2, 0.25) is 0 Å². The molecule has 4 heteroatoms. The van der Waals surface area contributed by atoms with Gasteiger partial charge in [-0.1, -0.05) is 30.3 Å². The van der Waals surface area contributed by atoms with Crippen LogP contribution in [-0.4, -0.2) is 53.2 Å². The molecule has 0 bridgehead atoms. The van der Waals surface area contributed by atoms with Crippen LogP contribution < -0.4 is 0 Å². The molecule has 0 aliphatic carbocycles. The van der Waals surface area contributed by atoms with E-state index in [9.17, 15) is 15.0 Å². The van der Waals surface area contributed by atoms with Gasteiger partial charge >= 0.3 is 0 Å². The van der Waals surface area contributed by atoms with E-state index in [1.165, 1.54) is 0 Å². The molecule has 1 saturated heterocycles. The number of carbonyl (C=O) groups is 1. The Morgan fingerprint density at radius 2 is 1.95 bits per heavy atom. The predicted molar refractivity (Wildman–Crippen MR) is 73.0 cm³/mol. The summed E-state index contributed by atoms with van der Waals surface area (Å²) in [4.78, 5) is 14.4. The molecular weight excluding hydrogens is 242 g/mol. The lowest BCUT2D eigenvalue weighted by Gasteiger charge is -2.36. The van der Waals surface area contributed by atoms with Crippen LogP contribution in [0.3, 0.4) is 0 Å². The number of Topliss-reactive ketones (excluding diaryl/α,β-unsaturated/α-hetero) is 1. The molecule has 0 amide bonds. The zero-order valence-corrected chi connectivity index (χ0v) is 11.0. The fraction of sp³-hybridized carbons (Fsp3) is 0.533. The van der Waals surface area contributed by atoms with Gasteiger partial charge in [0.1, 0.15) is 0 Å². The first-order valence-electron chi connectivity index (χ1n) is 6.81. The third-order valence-corrected chi connectivity index (χ3v) is 3.82. The van der Waals surface area contributed by atoms with Crippen molar-refractivity contribution in [3.63, 3.8) is 0 Å². The van der Waals surface area contributed by atoms with Gasteiger partial charge in [0.15, 0.2) is 5.78 Å². The molecule has 1 aromatic rings. The number of ketones is 1. The first-order chi connectivity index (χ1) is 9.26. The van der Waals surface area contributed by atoms with Crippen molar-refractivity contribution in [2.45, 2.75) is 18.9 Å². The van der Waals surface area contributed by atoms with E-state index < -0.39 is 0 Å². The third kappa shape index (κ3) is 3.41. The summed E-state index contributed by atoms with van der Waals surface area (Å²) in [6, 6.07) is 9.09. The first kappa shape index (κ1) is 14.2. The Bertz CT molecular complexity index is 403.